The van der Waals surface area contributed by atoms with Gasteiger partial charge in [-0.05, 0) is 48.7 Å². The Balaban J connectivity index is 2.37. The van der Waals surface area contributed by atoms with Crippen molar-refractivity contribution in [3.8, 4) is 0 Å². The summed E-state index contributed by atoms with van der Waals surface area (Å²) in [5, 5.41) is 3.24. The largest absolute Gasteiger partial charge is 0.467 e. The molecule has 0 amide bonds. The molecule has 0 aliphatic rings. The molecule has 0 radical (unpaired) electrons. The van der Waals surface area contributed by atoms with E-state index in [1.165, 1.54) is 7.11 Å². The van der Waals surface area contributed by atoms with Gasteiger partial charge in [0.2, 0.25) is 0 Å². The van der Waals surface area contributed by atoms with Crippen LogP contribution in [-0.2, 0) is 9.53 Å². The van der Waals surface area contributed by atoms with Crippen molar-refractivity contribution in [2.24, 2.45) is 0 Å². The third-order valence-corrected chi connectivity index (χ3v) is 3.92. The third kappa shape index (κ3) is 3.85. The van der Waals surface area contributed by atoms with Crippen molar-refractivity contribution in [3.63, 3.8) is 0 Å². The number of rotatable bonds is 4. The molecular formula is C17H18BrNO2. The maximum atomic E-state index is 12.1. The van der Waals surface area contributed by atoms with Gasteiger partial charge in [0.25, 0.3) is 0 Å². The van der Waals surface area contributed by atoms with E-state index in [0.29, 0.717) is 0 Å². The number of benzene rings is 2. The van der Waals surface area contributed by atoms with E-state index in [0.717, 1.165) is 26.9 Å². The molecular weight excluding hydrogens is 330 g/mol. The van der Waals surface area contributed by atoms with Crippen LogP contribution in [0.2, 0.25) is 0 Å². The highest BCUT2D eigenvalue weighted by Crippen LogP contribution is 2.28. The topological polar surface area (TPSA) is 38.3 Å². The molecule has 2 rings (SSSR count). The molecule has 3 nitrogen and oxygen atoms in total. The quantitative estimate of drug-likeness (QED) is 0.833. The number of aryl methyl sites for hydroxylation is 2. The summed E-state index contributed by atoms with van der Waals surface area (Å²) in [4.78, 5) is 12.1. The van der Waals surface area contributed by atoms with Crippen LogP contribution in [0.25, 0.3) is 0 Å². The van der Waals surface area contributed by atoms with E-state index >= 15 is 0 Å². The third-order valence-electron chi connectivity index (χ3n) is 3.23. The SMILES string of the molecule is COC(=O)C(Nc1cccc(C)c1)c1ccc(C)cc1Br. The molecule has 0 heterocycles. The summed E-state index contributed by atoms with van der Waals surface area (Å²) in [5.74, 6) is -0.318. The molecule has 0 saturated heterocycles. The Morgan fingerprint density at radius 1 is 1.14 bits per heavy atom. The number of hydrogen-bond acceptors (Lipinski definition) is 3. The number of ether oxygens (including phenoxy) is 1. The second-order valence-corrected chi connectivity index (χ2v) is 5.85. The zero-order valence-corrected chi connectivity index (χ0v) is 13.9. The van der Waals surface area contributed by atoms with Crippen LogP contribution < -0.4 is 5.32 Å². The molecule has 1 atom stereocenters. The average molecular weight is 348 g/mol. The summed E-state index contributed by atoms with van der Waals surface area (Å²) in [6, 6.07) is 13.3. The van der Waals surface area contributed by atoms with Gasteiger partial charge in [0, 0.05) is 10.2 Å². The molecule has 0 spiro atoms. The van der Waals surface area contributed by atoms with Crippen molar-refractivity contribution < 1.29 is 9.53 Å². The predicted molar refractivity (Wildman–Crippen MR) is 88.4 cm³/mol. The van der Waals surface area contributed by atoms with Gasteiger partial charge in [0.1, 0.15) is 0 Å². The maximum Gasteiger partial charge on any atom is 0.333 e. The maximum absolute atomic E-state index is 12.1. The van der Waals surface area contributed by atoms with Crippen LogP contribution in [0.5, 0.6) is 0 Å². The molecule has 1 N–H and O–H groups in total. The fraction of sp³-hybridized carbons (Fsp3) is 0.235. The van der Waals surface area contributed by atoms with Gasteiger partial charge in [0.15, 0.2) is 6.04 Å². The van der Waals surface area contributed by atoms with Gasteiger partial charge in [-0.25, -0.2) is 4.79 Å². The molecule has 4 heteroatoms. The molecule has 110 valence electrons. The molecule has 2 aromatic carbocycles. The lowest BCUT2D eigenvalue weighted by Crippen LogP contribution is -2.22. The number of nitrogens with one attached hydrogen (secondary N) is 1. The Hall–Kier alpha value is -1.81. The summed E-state index contributed by atoms with van der Waals surface area (Å²) >= 11 is 3.53. The van der Waals surface area contributed by atoms with E-state index in [9.17, 15) is 4.79 Å². The Morgan fingerprint density at radius 2 is 1.86 bits per heavy atom. The van der Waals surface area contributed by atoms with Crippen LogP contribution >= 0.6 is 15.9 Å². The van der Waals surface area contributed by atoms with Gasteiger partial charge in [-0.1, -0.05) is 40.2 Å². The summed E-state index contributed by atoms with van der Waals surface area (Å²) in [6.07, 6.45) is 0. The summed E-state index contributed by atoms with van der Waals surface area (Å²) in [7, 11) is 1.40. The molecule has 1 unspecified atom stereocenters. The zero-order valence-electron chi connectivity index (χ0n) is 12.3. The van der Waals surface area contributed by atoms with Crippen molar-refractivity contribution in [1.82, 2.24) is 0 Å². The molecule has 0 aliphatic heterocycles. The first-order valence-electron chi connectivity index (χ1n) is 6.68. The second kappa shape index (κ2) is 6.76. The first-order valence-corrected chi connectivity index (χ1v) is 7.47. The lowest BCUT2D eigenvalue weighted by Gasteiger charge is -2.20. The normalized spacial score (nSPS) is 11.8. The minimum absolute atomic E-state index is 0.318. The molecule has 21 heavy (non-hydrogen) atoms. The molecule has 2 aromatic rings. The second-order valence-electron chi connectivity index (χ2n) is 4.99. The van der Waals surface area contributed by atoms with Crippen LogP contribution in [0.4, 0.5) is 5.69 Å². The van der Waals surface area contributed by atoms with E-state index in [2.05, 4.69) is 21.2 Å². The van der Waals surface area contributed by atoms with Crippen molar-refractivity contribution in [2.75, 3.05) is 12.4 Å². The summed E-state index contributed by atoms with van der Waals surface area (Å²) in [6.45, 7) is 4.02. The Morgan fingerprint density at radius 3 is 2.48 bits per heavy atom. The monoisotopic (exact) mass is 347 g/mol. The number of carbonyl (C=O) groups excluding carboxylic acids is 1. The van der Waals surface area contributed by atoms with Crippen LogP contribution in [0, 0.1) is 13.8 Å². The molecule has 0 saturated carbocycles. The van der Waals surface area contributed by atoms with Crippen LogP contribution in [0.15, 0.2) is 46.9 Å². The molecule has 0 aromatic heterocycles. The first kappa shape index (κ1) is 15.6. The predicted octanol–water partition coefficient (Wildman–Crippen LogP) is 4.39. The van der Waals surface area contributed by atoms with Gasteiger partial charge < -0.3 is 10.1 Å². The number of anilines is 1. The van der Waals surface area contributed by atoms with E-state index in [1.807, 2.05) is 56.3 Å². The zero-order chi connectivity index (χ0) is 15.4. The Bertz CT molecular complexity index is 655. The lowest BCUT2D eigenvalue weighted by molar-refractivity contribution is -0.141. The number of esters is 1. The number of hydrogen-bond donors (Lipinski definition) is 1. The number of carbonyl (C=O) groups is 1. The van der Waals surface area contributed by atoms with E-state index in [-0.39, 0.29) is 5.97 Å². The smallest absolute Gasteiger partial charge is 0.333 e. The molecule has 0 fully saturated rings. The van der Waals surface area contributed by atoms with E-state index in [1.54, 1.807) is 0 Å². The molecule has 0 aliphatic carbocycles. The standard InChI is InChI=1S/C17H18BrNO2/c1-11-5-4-6-13(9-11)19-16(17(20)21-3)14-8-7-12(2)10-15(14)18/h4-10,16,19H,1-3H3. The van der Waals surface area contributed by atoms with Gasteiger partial charge in [0.05, 0.1) is 7.11 Å². The van der Waals surface area contributed by atoms with E-state index in [4.69, 9.17) is 4.74 Å². The van der Waals surface area contributed by atoms with Crippen molar-refractivity contribution in [1.29, 1.82) is 0 Å². The lowest BCUT2D eigenvalue weighted by atomic mass is 10.0. The fourth-order valence-electron chi connectivity index (χ4n) is 2.15. The summed E-state index contributed by atoms with van der Waals surface area (Å²) in [5.41, 5.74) is 4.00. The number of halogens is 1. The molecule has 0 bridgehead atoms. The average Bonchev–Trinajstić information content (AvgIpc) is 2.45. The van der Waals surface area contributed by atoms with Gasteiger partial charge in [-0.3, -0.25) is 0 Å². The highest BCUT2D eigenvalue weighted by molar-refractivity contribution is 9.10. The van der Waals surface area contributed by atoms with Gasteiger partial charge in [-0.15, -0.1) is 0 Å². The van der Waals surface area contributed by atoms with E-state index < -0.39 is 6.04 Å². The first-order chi connectivity index (χ1) is 10.0. The van der Waals surface area contributed by atoms with Gasteiger partial charge >= 0.3 is 5.97 Å². The van der Waals surface area contributed by atoms with Crippen LogP contribution in [0.3, 0.4) is 0 Å². The van der Waals surface area contributed by atoms with Gasteiger partial charge in [-0.2, -0.15) is 0 Å². The van der Waals surface area contributed by atoms with Crippen LogP contribution in [0.1, 0.15) is 22.7 Å². The Kier molecular flexibility index (Phi) is 5.02. The van der Waals surface area contributed by atoms with Crippen molar-refractivity contribution in [3.05, 3.63) is 63.6 Å². The highest BCUT2D eigenvalue weighted by Gasteiger charge is 2.23. The Labute approximate surface area is 133 Å². The van der Waals surface area contributed by atoms with Crippen LogP contribution in [-0.4, -0.2) is 13.1 Å². The number of methoxy groups -OCH3 is 1. The van der Waals surface area contributed by atoms with Crippen molar-refractivity contribution in [2.45, 2.75) is 19.9 Å². The highest BCUT2D eigenvalue weighted by atomic mass is 79.9. The van der Waals surface area contributed by atoms with Crippen molar-refractivity contribution >= 4 is 27.6 Å². The minimum atomic E-state index is -0.549. The fourth-order valence-corrected chi connectivity index (χ4v) is 2.87. The summed E-state index contributed by atoms with van der Waals surface area (Å²) < 4.78 is 5.82. The minimum Gasteiger partial charge on any atom is -0.467 e.